The Kier molecular flexibility index (Phi) is 14.0. The van der Waals surface area contributed by atoms with Crippen LogP contribution in [0, 0.1) is 0 Å². The topological polar surface area (TPSA) is 104 Å². The maximum absolute atomic E-state index is 6.47. The van der Waals surface area contributed by atoms with Crippen molar-refractivity contribution < 1.29 is 8.83 Å². The second-order valence-corrected chi connectivity index (χ2v) is 25.2. The monoisotopic (exact) mass is 1280 g/mol. The molecule has 4 heterocycles. The summed E-state index contributed by atoms with van der Waals surface area (Å²) in [5.41, 5.74) is 21.7. The minimum Gasteiger partial charge on any atom is -0.456 e. The Hall–Kier alpha value is -11.9. The van der Waals surface area contributed by atoms with Crippen LogP contribution in [0.25, 0.3) is 100 Å². The van der Waals surface area contributed by atoms with Crippen molar-refractivity contribution in [1.29, 1.82) is 0 Å². The fourth-order valence-electron chi connectivity index (χ4n) is 15.6. The van der Waals surface area contributed by atoms with Gasteiger partial charge in [-0.15, -0.1) is 0 Å². The highest BCUT2D eigenvalue weighted by atomic mass is 35.5. The van der Waals surface area contributed by atoms with E-state index in [0.717, 1.165) is 88.4 Å². The molecule has 20 rings (SSSR count). The van der Waals surface area contributed by atoms with Crippen molar-refractivity contribution in [2.24, 2.45) is 0 Å². The van der Waals surface area contributed by atoms with Crippen LogP contribution in [0.3, 0.4) is 0 Å². The van der Waals surface area contributed by atoms with Gasteiger partial charge in [0, 0.05) is 38.6 Å². The molecule has 0 saturated carbocycles. The molecule has 0 spiro atoms. The molecular formula is C87H54Cl2N6O2. The number of para-hydroxylation sites is 2. The van der Waals surface area contributed by atoms with E-state index in [4.69, 9.17) is 47.0 Å². The predicted octanol–water partition coefficient (Wildman–Crippen LogP) is 21.8. The molecule has 3 aliphatic rings. The molecule has 0 saturated heterocycles. The molecule has 10 heteroatoms. The second-order valence-electron chi connectivity index (χ2n) is 24.5. The quantitative estimate of drug-likeness (QED) is 0.155. The number of furan rings is 2. The van der Waals surface area contributed by atoms with Gasteiger partial charge in [-0.2, -0.15) is 15.0 Å². The molecule has 0 unspecified atom stereocenters. The van der Waals surface area contributed by atoms with E-state index in [2.05, 4.69) is 270 Å². The highest BCUT2D eigenvalue weighted by molar-refractivity contribution is 6.31. The van der Waals surface area contributed by atoms with Crippen LogP contribution >= 0.6 is 23.2 Å². The lowest BCUT2D eigenvalue weighted by molar-refractivity contribution is 0.631. The molecule has 8 nitrogen and oxygen atoms in total. The molecule has 13 aromatic carbocycles. The van der Waals surface area contributed by atoms with Crippen LogP contribution in [-0.4, -0.2) is 29.9 Å². The van der Waals surface area contributed by atoms with Crippen LogP contribution in [0.2, 0.25) is 10.6 Å². The van der Waals surface area contributed by atoms with Crippen molar-refractivity contribution in [1.82, 2.24) is 29.9 Å². The average molecular weight is 1290 g/mol. The van der Waals surface area contributed by atoms with Gasteiger partial charge in [0.1, 0.15) is 33.2 Å². The first-order chi connectivity index (χ1) is 47.9. The molecule has 0 radical (unpaired) electrons. The highest BCUT2D eigenvalue weighted by Gasteiger charge is 2.53. The van der Waals surface area contributed by atoms with Gasteiger partial charge in [0.05, 0.1) is 0 Å². The predicted molar refractivity (Wildman–Crippen MR) is 389 cm³/mol. The third kappa shape index (κ3) is 9.20. The Morgan fingerprint density at radius 2 is 0.577 bits per heavy atom. The van der Waals surface area contributed by atoms with Gasteiger partial charge in [0.15, 0.2) is 23.3 Å². The number of rotatable bonds is 7. The molecule has 3 aliphatic carbocycles. The minimum atomic E-state index is -0.858. The Labute approximate surface area is 568 Å². The van der Waals surface area contributed by atoms with Crippen LogP contribution in [0.1, 0.15) is 67.6 Å². The number of aromatic nitrogens is 6. The number of benzene rings is 13. The lowest BCUT2D eigenvalue weighted by atomic mass is 9.70. The molecule has 0 aliphatic heterocycles. The molecule has 458 valence electrons. The van der Waals surface area contributed by atoms with Crippen LogP contribution in [0.15, 0.2) is 330 Å². The maximum atomic E-state index is 6.47. The zero-order valence-corrected chi connectivity index (χ0v) is 53.4. The van der Waals surface area contributed by atoms with Crippen molar-refractivity contribution in [3.05, 3.63) is 394 Å². The van der Waals surface area contributed by atoms with E-state index in [-0.39, 0.29) is 10.6 Å². The van der Waals surface area contributed by atoms with Gasteiger partial charge < -0.3 is 8.83 Å². The van der Waals surface area contributed by atoms with Gasteiger partial charge in [-0.3, -0.25) is 0 Å². The Morgan fingerprint density at radius 3 is 1.00 bits per heavy atom. The van der Waals surface area contributed by atoms with E-state index in [0.29, 0.717) is 29.2 Å². The van der Waals surface area contributed by atoms with Crippen molar-refractivity contribution in [3.8, 4) is 56.2 Å². The Bertz CT molecular complexity index is 5600. The van der Waals surface area contributed by atoms with E-state index >= 15 is 0 Å². The highest BCUT2D eigenvalue weighted by Crippen LogP contribution is 2.59. The van der Waals surface area contributed by atoms with Crippen molar-refractivity contribution in [3.63, 3.8) is 0 Å². The van der Waals surface area contributed by atoms with Gasteiger partial charge >= 0.3 is 0 Å². The Morgan fingerprint density at radius 1 is 0.258 bits per heavy atom. The maximum Gasteiger partial charge on any atom is 0.227 e. The SMILES string of the molecule is Clc1nc(Cl)nc(-c2cccc3oc4ccccc4c23)n1.c1ccc(C2(c3nc(-c4cccc5oc6ccccc6c45)nc(C4(c5ccccc5)c5ccccc5-c5ccccc54)n3)c3ccccc3-c3ccccc32)cc1.c1ccc(C2c3ccccc3-c3ccccc32)cc1. The van der Waals surface area contributed by atoms with Crippen LogP contribution < -0.4 is 0 Å². The Balaban J connectivity index is 0.000000138. The molecule has 17 aromatic rings. The smallest absolute Gasteiger partial charge is 0.227 e. The third-order valence-electron chi connectivity index (χ3n) is 19.5. The first kappa shape index (κ1) is 57.7. The number of hydrogen-bond donors (Lipinski definition) is 0. The first-order valence-electron chi connectivity index (χ1n) is 32.3. The summed E-state index contributed by atoms with van der Waals surface area (Å²) >= 11 is 11.7. The largest absolute Gasteiger partial charge is 0.456 e. The lowest BCUT2D eigenvalue weighted by Crippen LogP contribution is -2.36. The molecule has 0 atom stereocenters. The first-order valence-corrected chi connectivity index (χ1v) is 33.1. The fourth-order valence-corrected chi connectivity index (χ4v) is 15.9. The number of nitrogens with zero attached hydrogens (tertiary/aromatic N) is 6. The normalized spacial score (nSPS) is 13.4. The summed E-state index contributed by atoms with van der Waals surface area (Å²) in [7, 11) is 0. The van der Waals surface area contributed by atoms with Gasteiger partial charge in [-0.25, -0.2) is 15.0 Å². The van der Waals surface area contributed by atoms with E-state index in [1.807, 2.05) is 66.7 Å². The summed E-state index contributed by atoms with van der Waals surface area (Å²) in [4.78, 5) is 29.4. The molecule has 97 heavy (non-hydrogen) atoms. The number of halogens is 2. The van der Waals surface area contributed by atoms with E-state index < -0.39 is 10.8 Å². The van der Waals surface area contributed by atoms with E-state index in [1.54, 1.807) is 0 Å². The fraction of sp³-hybridized carbons (Fsp3) is 0.0345. The van der Waals surface area contributed by atoms with Crippen molar-refractivity contribution in [2.75, 3.05) is 0 Å². The molecular weight excluding hydrogens is 1230 g/mol. The number of hydrogen-bond acceptors (Lipinski definition) is 8. The van der Waals surface area contributed by atoms with Gasteiger partial charge in [-0.05, 0) is 131 Å². The van der Waals surface area contributed by atoms with Crippen LogP contribution in [0.5, 0.6) is 0 Å². The summed E-state index contributed by atoms with van der Waals surface area (Å²) in [6.45, 7) is 0. The van der Waals surface area contributed by atoms with E-state index in [9.17, 15) is 0 Å². The van der Waals surface area contributed by atoms with Gasteiger partial charge in [0.25, 0.3) is 0 Å². The van der Waals surface area contributed by atoms with Gasteiger partial charge in [-0.1, -0.05) is 297 Å². The molecule has 0 N–H and O–H groups in total. The minimum absolute atomic E-state index is 0.0646. The summed E-state index contributed by atoms with van der Waals surface area (Å²) in [6, 6.07) is 113. The summed E-state index contributed by atoms with van der Waals surface area (Å²) in [5, 5.41) is 4.07. The van der Waals surface area contributed by atoms with Crippen molar-refractivity contribution >= 4 is 67.1 Å². The van der Waals surface area contributed by atoms with Gasteiger partial charge in [0.2, 0.25) is 10.6 Å². The van der Waals surface area contributed by atoms with Crippen LogP contribution in [-0.2, 0) is 10.8 Å². The molecule has 4 aromatic heterocycles. The zero-order valence-electron chi connectivity index (χ0n) is 51.9. The average Bonchev–Trinajstić information content (AvgIpc) is 1.55. The summed E-state index contributed by atoms with van der Waals surface area (Å²) in [5.74, 6) is 2.76. The standard InChI is InChI=1S/C53H33N3O.C19H14.C15H7Cl2N3O/c1-3-18-34(19-4-1)52(42-28-12-7-22-36(42)37-23-8-13-29-43(37)52)50-54-49(41-27-17-33-47-48(41)40-26-11-16-32-46(40)57-47)55-51(56-50)53(35-20-5-2-6-21-35)44-30-14-9-24-38(44)39-25-10-15-31-45(39)53;1-2-8-14(9-3-1)19-17-12-6-4-10-15(17)16-11-5-7-13-18(16)19;16-14-18-13(19-15(17)20-14)9-5-3-7-11-12(9)8-4-1-2-6-10(8)21-11/h1-33H;1-13,19H;1-7H. The van der Waals surface area contributed by atoms with E-state index in [1.165, 1.54) is 50.1 Å². The van der Waals surface area contributed by atoms with Crippen LogP contribution in [0.4, 0.5) is 0 Å². The summed E-state index contributed by atoms with van der Waals surface area (Å²) in [6.07, 6.45) is 0. The summed E-state index contributed by atoms with van der Waals surface area (Å²) < 4.78 is 12.3. The molecule has 0 fully saturated rings. The molecule has 0 amide bonds. The lowest BCUT2D eigenvalue weighted by Gasteiger charge is -2.35. The third-order valence-corrected chi connectivity index (χ3v) is 19.8. The molecule has 0 bridgehead atoms. The second kappa shape index (κ2) is 23.5. The van der Waals surface area contributed by atoms with Crippen molar-refractivity contribution in [2.45, 2.75) is 16.7 Å². The zero-order chi connectivity index (χ0) is 64.6. The number of fused-ring (bicyclic) bond motifs is 15.